The highest BCUT2D eigenvalue weighted by Crippen LogP contribution is 2.09. The molecule has 2 rings (SSSR count). The molecule has 0 saturated carbocycles. The zero-order chi connectivity index (χ0) is 6.81. The molecule has 0 aliphatic carbocycles. The molecule has 0 saturated heterocycles. The second kappa shape index (κ2) is 2.06. The molecule has 0 amide bonds. The predicted octanol–water partition coefficient (Wildman–Crippen LogP) is 0.317. The first-order valence-corrected chi connectivity index (χ1v) is 2.82. The largest absolute Gasteiger partial charge is 0.337 e. The maximum atomic E-state index is 4.00. The van der Waals surface area contributed by atoms with Crippen molar-refractivity contribution in [1.29, 1.82) is 0 Å². The first-order chi connectivity index (χ1) is 4.97. The molecule has 4 heteroatoms. The van der Waals surface area contributed by atoms with Crippen molar-refractivity contribution in [3.8, 4) is 0 Å². The van der Waals surface area contributed by atoms with E-state index in [0.717, 1.165) is 5.69 Å². The molecule has 10 heavy (non-hydrogen) atoms. The molecule has 1 N–H and O–H groups in total. The van der Waals surface area contributed by atoms with Crippen molar-refractivity contribution in [2.24, 2.45) is 4.99 Å². The molecule has 0 bridgehead atoms. The summed E-state index contributed by atoms with van der Waals surface area (Å²) in [6.07, 6.45) is 4.85. The van der Waals surface area contributed by atoms with Gasteiger partial charge in [-0.3, -0.25) is 4.99 Å². The lowest BCUT2D eigenvalue weighted by molar-refractivity contribution is 1.13. The number of aromatic nitrogens is 2. The van der Waals surface area contributed by atoms with Gasteiger partial charge in [-0.25, -0.2) is 9.97 Å². The van der Waals surface area contributed by atoms with Crippen LogP contribution in [-0.4, -0.2) is 16.2 Å². The fraction of sp³-hybridized carbons (Fsp3) is 0. The van der Waals surface area contributed by atoms with E-state index in [9.17, 15) is 0 Å². The van der Waals surface area contributed by atoms with Gasteiger partial charge in [-0.15, -0.1) is 0 Å². The van der Waals surface area contributed by atoms with Crippen molar-refractivity contribution < 1.29 is 0 Å². The Morgan fingerprint density at radius 3 is 3.10 bits per heavy atom. The van der Waals surface area contributed by atoms with Crippen LogP contribution < -0.4 is 5.32 Å². The van der Waals surface area contributed by atoms with E-state index in [1.54, 1.807) is 18.6 Å². The second-order valence-corrected chi connectivity index (χ2v) is 1.79. The number of fused-ring (bicyclic) bond motifs is 1. The smallest absolute Gasteiger partial charge is 0.227 e. The number of rotatable bonds is 0. The summed E-state index contributed by atoms with van der Waals surface area (Å²) in [5.41, 5.74) is 0.751. The second-order valence-electron chi connectivity index (χ2n) is 1.79. The summed E-state index contributed by atoms with van der Waals surface area (Å²) in [6, 6.07) is 0. The van der Waals surface area contributed by atoms with E-state index in [1.165, 1.54) is 0 Å². The Labute approximate surface area is 58.0 Å². The first-order valence-electron chi connectivity index (χ1n) is 2.82. The molecule has 1 aromatic heterocycles. The van der Waals surface area contributed by atoms with Crippen LogP contribution in [0.5, 0.6) is 0 Å². The van der Waals surface area contributed by atoms with Crippen LogP contribution in [0, 0.1) is 6.67 Å². The fourth-order valence-corrected chi connectivity index (χ4v) is 0.718. The van der Waals surface area contributed by atoms with E-state index in [2.05, 4.69) is 26.9 Å². The molecular formula is C6H4N4. The summed E-state index contributed by atoms with van der Waals surface area (Å²) >= 11 is 0. The first kappa shape index (κ1) is 5.34. The zero-order valence-electron chi connectivity index (χ0n) is 5.07. The molecule has 0 atom stereocenters. The maximum absolute atomic E-state index is 4.00. The summed E-state index contributed by atoms with van der Waals surface area (Å²) in [4.78, 5) is 11.7. The van der Waals surface area contributed by atoms with Crippen molar-refractivity contribution in [3.05, 3.63) is 24.8 Å². The molecule has 2 radical (unpaired) electrons. The van der Waals surface area contributed by atoms with Gasteiger partial charge in [0, 0.05) is 12.4 Å². The number of hydrogen-bond donors (Lipinski definition) is 1. The minimum absolute atomic E-state index is 0.706. The lowest BCUT2D eigenvalue weighted by Crippen LogP contribution is -2.06. The van der Waals surface area contributed by atoms with Gasteiger partial charge < -0.3 is 5.32 Å². The summed E-state index contributed by atoms with van der Waals surface area (Å²) < 4.78 is 0. The van der Waals surface area contributed by atoms with Gasteiger partial charge in [-0.1, -0.05) is 0 Å². The molecule has 0 aromatic carbocycles. The Balaban J connectivity index is 2.54. The van der Waals surface area contributed by atoms with Crippen molar-refractivity contribution in [2.45, 2.75) is 0 Å². The van der Waals surface area contributed by atoms with Crippen LogP contribution in [0.1, 0.15) is 5.69 Å². The Hall–Kier alpha value is -1.45. The third-order valence-electron chi connectivity index (χ3n) is 1.15. The van der Waals surface area contributed by atoms with Crippen LogP contribution in [0.25, 0.3) is 0 Å². The quantitative estimate of drug-likeness (QED) is 0.553. The fourth-order valence-electron chi connectivity index (χ4n) is 0.718. The van der Waals surface area contributed by atoms with Crippen LogP contribution >= 0.6 is 0 Å². The lowest BCUT2D eigenvalue weighted by Gasteiger charge is -2.06. The van der Waals surface area contributed by atoms with Gasteiger partial charge in [-0.05, 0) is 0 Å². The Morgan fingerprint density at radius 2 is 2.20 bits per heavy atom. The molecule has 2 heterocycles. The topological polar surface area (TPSA) is 50.2 Å². The van der Waals surface area contributed by atoms with E-state index >= 15 is 0 Å². The lowest BCUT2D eigenvalue weighted by atomic mass is 10.4. The van der Waals surface area contributed by atoms with Crippen molar-refractivity contribution >= 4 is 12.0 Å². The molecule has 4 nitrogen and oxygen atoms in total. The van der Waals surface area contributed by atoms with Gasteiger partial charge in [0.2, 0.25) is 6.67 Å². The molecule has 1 aliphatic rings. The van der Waals surface area contributed by atoms with E-state index in [-0.39, 0.29) is 0 Å². The number of nitrogens with one attached hydrogen (secondary N) is 1. The summed E-state index contributed by atoms with van der Waals surface area (Å²) in [7, 11) is 0. The average Bonchev–Trinajstić information content (AvgIpc) is 2.05. The zero-order valence-corrected chi connectivity index (χ0v) is 5.07. The summed E-state index contributed by atoms with van der Waals surface area (Å²) in [5, 5.41) is 2.74. The standard InChI is InChI=1S/C6H4N4/c1-2-9-6-5(8-1)3-7-4-10-6/h1-3H,(H,9,10). The third-order valence-corrected chi connectivity index (χ3v) is 1.15. The Kier molecular flexibility index (Phi) is 1.10. The van der Waals surface area contributed by atoms with Gasteiger partial charge in [0.25, 0.3) is 0 Å². The SMILES string of the molecule is [C]1N=Cc2nccnc2N1. The van der Waals surface area contributed by atoms with Crippen molar-refractivity contribution in [2.75, 3.05) is 5.32 Å². The van der Waals surface area contributed by atoms with Gasteiger partial charge >= 0.3 is 0 Å². The highest BCUT2D eigenvalue weighted by molar-refractivity contribution is 5.85. The maximum Gasteiger partial charge on any atom is 0.227 e. The van der Waals surface area contributed by atoms with Gasteiger partial charge in [0.05, 0.1) is 6.21 Å². The molecule has 0 unspecified atom stereocenters. The van der Waals surface area contributed by atoms with Crippen LogP contribution in [0.3, 0.4) is 0 Å². The number of anilines is 1. The van der Waals surface area contributed by atoms with Gasteiger partial charge in [0.15, 0.2) is 5.82 Å². The van der Waals surface area contributed by atoms with Crippen molar-refractivity contribution in [1.82, 2.24) is 9.97 Å². The van der Waals surface area contributed by atoms with Crippen molar-refractivity contribution in [3.63, 3.8) is 0 Å². The highest BCUT2D eigenvalue weighted by Gasteiger charge is 2.04. The van der Waals surface area contributed by atoms with E-state index < -0.39 is 0 Å². The molecule has 48 valence electrons. The van der Waals surface area contributed by atoms with Crippen LogP contribution in [-0.2, 0) is 0 Å². The van der Waals surface area contributed by atoms with Gasteiger partial charge in [-0.2, -0.15) is 0 Å². The predicted molar refractivity (Wildman–Crippen MR) is 36.5 cm³/mol. The molecule has 1 aromatic rings. The summed E-state index contributed by atoms with van der Waals surface area (Å²) in [6.45, 7) is 2.56. The monoisotopic (exact) mass is 132 g/mol. The number of hydrogen-bond acceptors (Lipinski definition) is 4. The highest BCUT2D eigenvalue weighted by atomic mass is 15.1. The molecule has 0 fully saturated rings. The average molecular weight is 132 g/mol. The minimum Gasteiger partial charge on any atom is -0.337 e. The normalized spacial score (nSPS) is 14.0. The Bertz CT molecular complexity index is 268. The molecular weight excluding hydrogens is 128 g/mol. The molecule has 0 spiro atoms. The molecule has 1 aliphatic heterocycles. The number of nitrogens with zero attached hydrogens (tertiary/aromatic N) is 3. The third kappa shape index (κ3) is 0.737. The minimum atomic E-state index is 0.706. The van der Waals surface area contributed by atoms with E-state index in [0.29, 0.717) is 5.82 Å². The summed E-state index contributed by atoms with van der Waals surface area (Å²) in [5.74, 6) is 0.706. The van der Waals surface area contributed by atoms with E-state index in [1.807, 2.05) is 0 Å². The Morgan fingerprint density at radius 1 is 1.30 bits per heavy atom. The van der Waals surface area contributed by atoms with Crippen LogP contribution in [0.15, 0.2) is 17.4 Å². The van der Waals surface area contributed by atoms with Crippen LogP contribution in [0.2, 0.25) is 0 Å². The number of aliphatic imine (C=N–C) groups is 1. The van der Waals surface area contributed by atoms with Gasteiger partial charge in [0.1, 0.15) is 5.69 Å². The van der Waals surface area contributed by atoms with Crippen LogP contribution in [0.4, 0.5) is 5.82 Å². The van der Waals surface area contributed by atoms with E-state index in [4.69, 9.17) is 0 Å².